The van der Waals surface area contributed by atoms with E-state index in [1.807, 2.05) is 0 Å². The molecule has 18 heavy (non-hydrogen) atoms. The van der Waals surface area contributed by atoms with Gasteiger partial charge in [-0.1, -0.05) is 19.1 Å². The van der Waals surface area contributed by atoms with Crippen molar-refractivity contribution in [3.8, 4) is 0 Å². The molecule has 1 aromatic rings. The van der Waals surface area contributed by atoms with Gasteiger partial charge >= 0.3 is 0 Å². The first-order chi connectivity index (χ1) is 8.66. The molecule has 2 rings (SSSR count). The van der Waals surface area contributed by atoms with Crippen LogP contribution in [-0.4, -0.2) is 10.6 Å². The zero-order valence-electron chi connectivity index (χ0n) is 10.4. The molecule has 0 radical (unpaired) electrons. The highest BCUT2D eigenvalue weighted by Crippen LogP contribution is 2.25. The Bertz CT molecular complexity index is 471. The minimum absolute atomic E-state index is 0.0608. The van der Waals surface area contributed by atoms with Crippen LogP contribution in [0.5, 0.6) is 0 Å². The van der Waals surface area contributed by atoms with Crippen molar-refractivity contribution in [3.63, 3.8) is 0 Å². The molecule has 0 heterocycles. The normalized spacial score (nSPS) is 21.8. The highest BCUT2D eigenvalue weighted by Gasteiger charge is 2.15. The van der Waals surface area contributed by atoms with Crippen molar-refractivity contribution in [2.24, 2.45) is 11.0 Å². The second-order valence-corrected chi connectivity index (χ2v) is 4.77. The molecular weight excluding hydrogens is 230 g/mol. The Morgan fingerprint density at radius 1 is 1.44 bits per heavy atom. The number of hydrogen-bond donors (Lipinski definition) is 1. The van der Waals surface area contributed by atoms with Crippen LogP contribution in [0.4, 0.5) is 11.4 Å². The summed E-state index contributed by atoms with van der Waals surface area (Å²) >= 11 is 0. The van der Waals surface area contributed by atoms with Gasteiger partial charge in [-0.15, -0.1) is 0 Å². The fraction of sp³-hybridized carbons (Fsp3) is 0.462. The third-order valence-corrected chi connectivity index (χ3v) is 3.18. The number of hydrazone groups is 1. The van der Waals surface area contributed by atoms with Crippen molar-refractivity contribution in [2.45, 2.75) is 32.6 Å². The maximum absolute atomic E-state index is 10.8. The average molecular weight is 247 g/mol. The molecule has 1 aromatic carbocycles. The lowest BCUT2D eigenvalue weighted by Crippen LogP contribution is -2.14. The van der Waals surface area contributed by atoms with E-state index < -0.39 is 4.92 Å². The van der Waals surface area contributed by atoms with E-state index in [1.165, 1.54) is 12.5 Å². The minimum atomic E-state index is -0.397. The predicted octanol–water partition coefficient (Wildman–Crippen LogP) is 3.57. The van der Waals surface area contributed by atoms with Crippen LogP contribution >= 0.6 is 0 Å². The second-order valence-electron chi connectivity index (χ2n) is 4.77. The molecular formula is C13H17N3O2. The number of benzene rings is 1. The Morgan fingerprint density at radius 3 is 2.94 bits per heavy atom. The molecule has 0 aromatic heterocycles. The first-order valence-corrected chi connectivity index (χ1v) is 6.21. The Labute approximate surface area is 106 Å². The summed E-state index contributed by atoms with van der Waals surface area (Å²) < 4.78 is 0. The van der Waals surface area contributed by atoms with Crippen molar-refractivity contribution in [3.05, 3.63) is 34.4 Å². The van der Waals surface area contributed by atoms with E-state index in [0.717, 1.165) is 25.0 Å². The largest absolute Gasteiger partial charge is 0.294 e. The number of hydrogen-bond acceptors (Lipinski definition) is 4. The molecule has 1 saturated carbocycles. The van der Waals surface area contributed by atoms with Crippen LogP contribution in [0, 0.1) is 16.0 Å². The molecule has 0 aliphatic heterocycles. The highest BCUT2D eigenvalue weighted by atomic mass is 16.6. The van der Waals surface area contributed by atoms with Crippen LogP contribution in [0.3, 0.4) is 0 Å². The molecule has 0 spiro atoms. The monoisotopic (exact) mass is 247 g/mol. The van der Waals surface area contributed by atoms with E-state index in [4.69, 9.17) is 0 Å². The number of nitrogens with zero attached hydrogens (tertiary/aromatic N) is 2. The Kier molecular flexibility index (Phi) is 3.92. The van der Waals surface area contributed by atoms with Gasteiger partial charge in [0.2, 0.25) is 0 Å². The summed E-state index contributed by atoms with van der Waals surface area (Å²) in [5, 5.41) is 15.2. The van der Waals surface area contributed by atoms with Gasteiger partial charge in [0.1, 0.15) is 5.69 Å². The van der Waals surface area contributed by atoms with Crippen LogP contribution in [0.1, 0.15) is 32.6 Å². The zero-order chi connectivity index (χ0) is 13.0. The number of nitro benzene ring substituents is 1. The number of nitrogens with one attached hydrogen (secondary N) is 1. The van der Waals surface area contributed by atoms with Gasteiger partial charge in [0, 0.05) is 11.8 Å². The number of anilines is 1. The SMILES string of the molecule is CC1CCCC(=NNc2ccccc2[N+](=O)[O-])C1. The zero-order valence-corrected chi connectivity index (χ0v) is 10.4. The molecule has 1 unspecified atom stereocenters. The topological polar surface area (TPSA) is 67.5 Å². The molecule has 1 aliphatic rings. The summed E-state index contributed by atoms with van der Waals surface area (Å²) in [6.45, 7) is 2.21. The van der Waals surface area contributed by atoms with E-state index in [-0.39, 0.29) is 5.69 Å². The van der Waals surface area contributed by atoms with Gasteiger partial charge in [-0.25, -0.2) is 0 Å². The smallest absolute Gasteiger partial charge is 0.272 e. The molecule has 5 nitrogen and oxygen atoms in total. The van der Waals surface area contributed by atoms with Gasteiger partial charge in [-0.3, -0.25) is 15.5 Å². The maximum atomic E-state index is 10.8. The fourth-order valence-corrected chi connectivity index (χ4v) is 2.23. The summed E-state index contributed by atoms with van der Waals surface area (Å²) in [6.07, 6.45) is 4.36. The quantitative estimate of drug-likeness (QED) is 0.655. The van der Waals surface area contributed by atoms with Crippen LogP contribution in [0.25, 0.3) is 0 Å². The maximum Gasteiger partial charge on any atom is 0.294 e. The second kappa shape index (κ2) is 5.62. The number of para-hydroxylation sites is 2. The molecule has 1 aliphatic carbocycles. The van der Waals surface area contributed by atoms with Gasteiger partial charge in [-0.05, 0) is 37.7 Å². The molecule has 0 bridgehead atoms. The van der Waals surface area contributed by atoms with E-state index >= 15 is 0 Å². The lowest BCUT2D eigenvalue weighted by molar-refractivity contribution is -0.384. The Balaban J connectivity index is 2.10. The van der Waals surface area contributed by atoms with Gasteiger partial charge in [0.15, 0.2) is 0 Å². The summed E-state index contributed by atoms with van der Waals surface area (Å²) in [6, 6.07) is 6.57. The van der Waals surface area contributed by atoms with Crippen LogP contribution in [-0.2, 0) is 0 Å². The Morgan fingerprint density at radius 2 is 2.22 bits per heavy atom. The van der Waals surface area contributed by atoms with Gasteiger partial charge < -0.3 is 0 Å². The summed E-state index contributed by atoms with van der Waals surface area (Å²) in [4.78, 5) is 10.4. The molecule has 0 amide bonds. The molecule has 96 valence electrons. The van der Waals surface area contributed by atoms with Gasteiger partial charge in [0.25, 0.3) is 5.69 Å². The van der Waals surface area contributed by atoms with Crippen LogP contribution < -0.4 is 5.43 Å². The summed E-state index contributed by atoms with van der Waals surface area (Å²) in [5.74, 6) is 0.657. The van der Waals surface area contributed by atoms with Crippen molar-refractivity contribution in [1.29, 1.82) is 0 Å². The third-order valence-electron chi connectivity index (χ3n) is 3.18. The van der Waals surface area contributed by atoms with E-state index in [1.54, 1.807) is 18.2 Å². The molecule has 1 N–H and O–H groups in total. The fourth-order valence-electron chi connectivity index (χ4n) is 2.23. The standard InChI is InChI=1S/C13H17N3O2/c1-10-5-4-6-11(9-10)14-15-12-7-2-3-8-13(12)16(17)18/h2-3,7-8,10,15H,4-6,9H2,1H3. The number of nitro groups is 1. The highest BCUT2D eigenvalue weighted by molar-refractivity contribution is 5.86. The lowest BCUT2D eigenvalue weighted by atomic mass is 9.89. The first-order valence-electron chi connectivity index (χ1n) is 6.21. The summed E-state index contributed by atoms with van der Waals surface area (Å²) in [7, 11) is 0. The first kappa shape index (κ1) is 12.5. The molecule has 5 heteroatoms. The van der Waals surface area contributed by atoms with Crippen molar-refractivity contribution >= 4 is 17.1 Å². The summed E-state index contributed by atoms with van der Waals surface area (Å²) in [5.41, 5.74) is 4.45. The van der Waals surface area contributed by atoms with Crippen molar-refractivity contribution in [2.75, 3.05) is 5.43 Å². The van der Waals surface area contributed by atoms with Gasteiger partial charge in [0.05, 0.1) is 4.92 Å². The number of rotatable bonds is 3. The van der Waals surface area contributed by atoms with E-state index in [2.05, 4.69) is 17.5 Å². The van der Waals surface area contributed by atoms with Crippen LogP contribution in [0.2, 0.25) is 0 Å². The molecule has 1 fully saturated rings. The minimum Gasteiger partial charge on any atom is -0.272 e. The molecule has 1 atom stereocenters. The van der Waals surface area contributed by atoms with Crippen molar-refractivity contribution in [1.82, 2.24) is 0 Å². The molecule has 0 saturated heterocycles. The van der Waals surface area contributed by atoms with E-state index in [0.29, 0.717) is 11.6 Å². The van der Waals surface area contributed by atoms with Crippen molar-refractivity contribution < 1.29 is 4.92 Å². The van der Waals surface area contributed by atoms with E-state index in [9.17, 15) is 10.1 Å². The average Bonchev–Trinajstić information content (AvgIpc) is 2.37. The lowest BCUT2D eigenvalue weighted by Gasteiger charge is -2.19. The van der Waals surface area contributed by atoms with Gasteiger partial charge in [-0.2, -0.15) is 5.10 Å². The predicted molar refractivity (Wildman–Crippen MR) is 71.8 cm³/mol. The van der Waals surface area contributed by atoms with Crippen LogP contribution in [0.15, 0.2) is 29.4 Å². The third kappa shape index (κ3) is 3.06. The Hall–Kier alpha value is -1.91.